The van der Waals surface area contributed by atoms with E-state index in [0.717, 1.165) is 28.0 Å². The molecule has 0 saturated heterocycles. The number of methoxy groups -OCH3 is 1. The van der Waals surface area contributed by atoms with Crippen LogP contribution in [0.5, 0.6) is 5.75 Å². The minimum absolute atomic E-state index is 0.172. The van der Waals surface area contributed by atoms with E-state index in [-0.39, 0.29) is 5.91 Å². The summed E-state index contributed by atoms with van der Waals surface area (Å²) in [7, 11) is 1.64. The molecule has 3 aromatic rings. The first-order chi connectivity index (χ1) is 13.2. The third-order valence-corrected chi connectivity index (χ3v) is 4.34. The zero-order valence-electron chi connectivity index (χ0n) is 15.4. The zero-order valence-corrected chi connectivity index (χ0v) is 15.4. The molecule has 0 aliphatic carbocycles. The summed E-state index contributed by atoms with van der Waals surface area (Å²) in [6, 6.07) is 25.2. The topological polar surface area (TPSA) is 50.7 Å². The average Bonchev–Trinajstić information content (AvgIpc) is 2.70. The Morgan fingerprint density at radius 3 is 2.07 bits per heavy atom. The molecular formula is C23H22N2O2. The number of amides is 1. The van der Waals surface area contributed by atoms with Gasteiger partial charge >= 0.3 is 0 Å². The van der Waals surface area contributed by atoms with Crippen LogP contribution >= 0.6 is 0 Å². The molecule has 1 amide bonds. The predicted octanol–water partition coefficient (Wildman–Crippen LogP) is 4.29. The van der Waals surface area contributed by atoms with Gasteiger partial charge in [-0.2, -0.15) is 5.10 Å². The van der Waals surface area contributed by atoms with Gasteiger partial charge in [0, 0.05) is 0 Å². The molecule has 0 aromatic heterocycles. The first-order valence-corrected chi connectivity index (χ1v) is 8.76. The highest BCUT2D eigenvalue weighted by molar-refractivity contribution is 5.88. The van der Waals surface area contributed by atoms with E-state index in [0.29, 0.717) is 0 Å². The normalized spacial score (nSPS) is 10.9. The minimum atomic E-state index is -0.415. The third kappa shape index (κ3) is 4.61. The van der Waals surface area contributed by atoms with E-state index in [1.54, 1.807) is 13.3 Å². The molecule has 0 heterocycles. The molecule has 3 rings (SSSR count). The number of aryl methyl sites for hydroxylation is 1. The third-order valence-electron chi connectivity index (χ3n) is 4.34. The Bertz CT molecular complexity index is 882. The van der Waals surface area contributed by atoms with Crippen molar-refractivity contribution in [2.24, 2.45) is 5.10 Å². The highest BCUT2D eigenvalue weighted by atomic mass is 16.5. The standard InChI is InChI=1S/C23H22N2O2/c1-17-15-18(13-14-21(17)27-2)16-24-25-23(26)22(19-9-5-3-6-10-19)20-11-7-4-8-12-20/h3-16,22H,1-2H3,(H,25,26). The van der Waals surface area contributed by atoms with Crippen LogP contribution in [0.2, 0.25) is 0 Å². The van der Waals surface area contributed by atoms with Crippen LogP contribution in [0.15, 0.2) is 84.0 Å². The number of hydrazone groups is 1. The van der Waals surface area contributed by atoms with Crippen molar-refractivity contribution < 1.29 is 9.53 Å². The first kappa shape index (κ1) is 18.4. The van der Waals surface area contributed by atoms with Gasteiger partial charge in [-0.15, -0.1) is 0 Å². The molecule has 0 aliphatic heterocycles. The Morgan fingerprint density at radius 2 is 1.56 bits per heavy atom. The van der Waals surface area contributed by atoms with Gasteiger partial charge in [0.2, 0.25) is 0 Å². The van der Waals surface area contributed by atoms with Gasteiger partial charge in [0.05, 0.1) is 19.2 Å². The Labute approximate surface area is 159 Å². The first-order valence-electron chi connectivity index (χ1n) is 8.76. The van der Waals surface area contributed by atoms with Gasteiger partial charge in [-0.3, -0.25) is 4.79 Å². The molecule has 0 radical (unpaired) electrons. The lowest BCUT2D eigenvalue weighted by molar-refractivity contribution is -0.121. The number of hydrogen-bond acceptors (Lipinski definition) is 3. The molecule has 4 heteroatoms. The Kier molecular flexibility index (Phi) is 6.00. The van der Waals surface area contributed by atoms with Crippen LogP contribution in [0.1, 0.15) is 28.2 Å². The van der Waals surface area contributed by atoms with Gasteiger partial charge in [0.15, 0.2) is 0 Å². The van der Waals surface area contributed by atoms with Crippen LogP contribution in [0, 0.1) is 6.92 Å². The highest BCUT2D eigenvalue weighted by Crippen LogP contribution is 2.24. The minimum Gasteiger partial charge on any atom is -0.496 e. The van der Waals surface area contributed by atoms with Crippen molar-refractivity contribution in [1.29, 1.82) is 0 Å². The average molecular weight is 358 g/mol. The fraction of sp³-hybridized carbons (Fsp3) is 0.130. The van der Waals surface area contributed by atoms with Gasteiger partial charge in [-0.05, 0) is 47.4 Å². The van der Waals surface area contributed by atoms with E-state index in [2.05, 4.69) is 10.5 Å². The van der Waals surface area contributed by atoms with E-state index in [1.165, 1.54) is 0 Å². The summed E-state index contributed by atoms with van der Waals surface area (Å²) >= 11 is 0. The molecule has 0 aliphatic rings. The molecule has 0 atom stereocenters. The lowest BCUT2D eigenvalue weighted by Gasteiger charge is -2.16. The number of hydrogen-bond donors (Lipinski definition) is 1. The smallest absolute Gasteiger partial charge is 0.252 e. The van der Waals surface area contributed by atoms with Crippen molar-refractivity contribution >= 4 is 12.1 Å². The van der Waals surface area contributed by atoms with Crippen molar-refractivity contribution in [3.05, 3.63) is 101 Å². The molecule has 3 aromatic carbocycles. The van der Waals surface area contributed by atoms with E-state index >= 15 is 0 Å². The zero-order chi connectivity index (χ0) is 19.1. The molecule has 0 unspecified atom stereocenters. The number of nitrogens with zero attached hydrogens (tertiary/aromatic N) is 1. The quantitative estimate of drug-likeness (QED) is 0.528. The Morgan fingerprint density at radius 1 is 0.963 bits per heavy atom. The molecule has 1 N–H and O–H groups in total. The fourth-order valence-electron chi connectivity index (χ4n) is 3.00. The number of nitrogens with one attached hydrogen (secondary N) is 1. The maximum absolute atomic E-state index is 12.9. The number of carbonyl (C=O) groups is 1. The second kappa shape index (κ2) is 8.81. The molecule has 0 saturated carbocycles. The Hall–Kier alpha value is -3.40. The SMILES string of the molecule is COc1ccc(C=NNC(=O)C(c2ccccc2)c2ccccc2)cc1C. The maximum atomic E-state index is 12.9. The number of rotatable bonds is 6. The lowest BCUT2D eigenvalue weighted by Crippen LogP contribution is -2.26. The summed E-state index contributed by atoms with van der Waals surface area (Å²) in [6.07, 6.45) is 1.64. The van der Waals surface area contributed by atoms with Gasteiger partial charge in [-0.1, -0.05) is 60.7 Å². The van der Waals surface area contributed by atoms with Crippen molar-refractivity contribution in [2.45, 2.75) is 12.8 Å². The van der Waals surface area contributed by atoms with Crippen LogP contribution in [0.3, 0.4) is 0 Å². The second-order valence-corrected chi connectivity index (χ2v) is 6.22. The van der Waals surface area contributed by atoms with Gasteiger partial charge in [0.1, 0.15) is 5.75 Å². The summed E-state index contributed by atoms with van der Waals surface area (Å²) in [4.78, 5) is 12.9. The van der Waals surface area contributed by atoms with Gasteiger partial charge in [0.25, 0.3) is 5.91 Å². The second-order valence-electron chi connectivity index (χ2n) is 6.22. The summed E-state index contributed by atoms with van der Waals surface area (Å²) in [5, 5.41) is 4.14. The van der Waals surface area contributed by atoms with Crippen LogP contribution in [-0.2, 0) is 4.79 Å². The molecule has 0 fully saturated rings. The molecule has 4 nitrogen and oxygen atoms in total. The van der Waals surface area contributed by atoms with Crippen LogP contribution in [0.25, 0.3) is 0 Å². The monoisotopic (exact) mass is 358 g/mol. The molecule has 27 heavy (non-hydrogen) atoms. The van der Waals surface area contributed by atoms with Crippen LogP contribution in [-0.4, -0.2) is 19.2 Å². The Balaban J connectivity index is 1.78. The van der Waals surface area contributed by atoms with Gasteiger partial charge < -0.3 is 4.74 Å². The van der Waals surface area contributed by atoms with Crippen molar-refractivity contribution in [3.8, 4) is 5.75 Å². The largest absolute Gasteiger partial charge is 0.496 e. The number of ether oxygens (including phenoxy) is 1. The van der Waals surface area contributed by atoms with Crippen LogP contribution < -0.4 is 10.2 Å². The molecule has 0 bridgehead atoms. The summed E-state index contributed by atoms with van der Waals surface area (Å²) < 4.78 is 5.26. The summed E-state index contributed by atoms with van der Waals surface area (Å²) in [6.45, 7) is 1.97. The van der Waals surface area contributed by atoms with E-state index in [4.69, 9.17) is 4.74 Å². The predicted molar refractivity (Wildman–Crippen MR) is 108 cm³/mol. The van der Waals surface area contributed by atoms with Crippen LogP contribution in [0.4, 0.5) is 0 Å². The fourth-order valence-corrected chi connectivity index (χ4v) is 3.00. The van der Waals surface area contributed by atoms with E-state index < -0.39 is 5.92 Å². The highest BCUT2D eigenvalue weighted by Gasteiger charge is 2.22. The maximum Gasteiger partial charge on any atom is 0.252 e. The molecule has 0 spiro atoms. The van der Waals surface area contributed by atoms with Gasteiger partial charge in [-0.25, -0.2) is 5.43 Å². The summed E-state index contributed by atoms with van der Waals surface area (Å²) in [5.74, 6) is 0.237. The van der Waals surface area contributed by atoms with Crippen molar-refractivity contribution in [2.75, 3.05) is 7.11 Å². The summed E-state index contributed by atoms with van der Waals surface area (Å²) in [5.41, 5.74) is 6.44. The van der Waals surface area contributed by atoms with Crippen molar-refractivity contribution in [1.82, 2.24) is 5.43 Å². The van der Waals surface area contributed by atoms with E-state index in [1.807, 2.05) is 85.8 Å². The van der Waals surface area contributed by atoms with E-state index in [9.17, 15) is 4.79 Å². The lowest BCUT2D eigenvalue weighted by atomic mass is 9.91. The van der Waals surface area contributed by atoms with Crippen molar-refractivity contribution in [3.63, 3.8) is 0 Å². The molecular weight excluding hydrogens is 336 g/mol. The number of benzene rings is 3. The molecule has 136 valence electrons. The number of carbonyl (C=O) groups excluding carboxylic acids is 1.